The van der Waals surface area contributed by atoms with Crippen LogP contribution in [0.3, 0.4) is 0 Å². The highest BCUT2D eigenvalue weighted by Crippen LogP contribution is 2.30. The predicted molar refractivity (Wildman–Crippen MR) is 105 cm³/mol. The van der Waals surface area contributed by atoms with Crippen LogP contribution < -0.4 is 5.32 Å². The SMILES string of the molecule is Cc1cn(C(=O)OC(C)(C)C)c2c(Cl)ncc(C(=O)NC(=O)N(C)C3CC3)c12. The van der Waals surface area contributed by atoms with Gasteiger partial charge in [-0.3, -0.25) is 10.1 Å². The summed E-state index contributed by atoms with van der Waals surface area (Å²) in [5.41, 5.74) is 0.371. The number of aromatic nitrogens is 2. The monoisotopic (exact) mass is 406 g/mol. The maximum atomic E-state index is 12.7. The third-order valence-electron chi connectivity index (χ3n) is 4.44. The molecule has 0 spiro atoms. The molecular weight excluding hydrogens is 384 g/mol. The van der Waals surface area contributed by atoms with Crippen molar-refractivity contribution in [2.75, 3.05) is 7.05 Å². The Morgan fingerprint density at radius 2 is 1.96 bits per heavy atom. The molecule has 0 aromatic carbocycles. The van der Waals surface area contributed by atoms with Crippen LogP contribution in [-0.2, 0) is 4.74 Å². The van der Waals surface area contributed by atoms with Crippen LogP contribution in [0.15, 0.2) is 12.4 Å². The Morgan fingerprint density at radius 1 is 1.32 bits per heavy atom. The molecule has 1 aliphatic rings. The number of nitrogens with zero attached hydrogens (tertiary/aromatic N) is 3. The molecule has 0 saturated heterocycles. The number of imide groups is 1. The number of aryl methyl sites for hydroxylation is 1. The van der Waals surface area contributed by atoms with Gasteiger partial charge >= 0.3 is 12.1 Å². The molecule has 0 bridgehead atoms. The summed E-state index contributed by atoms with van der Waals surface area (Å²) >= 11 is 6.23. The molecule has 2 heterocycles. The molecule has 1 fully saturated rings. The lowest BCUT2D eigenvalue weighted by Gasteiger charge is -2.20. The van der Waals surface area contributed by atoms with Crippen molar-refractivity contribution in [3.63, 3.8) is 0 Å². The molecule has 28 heavy (non-hydrogen) atoms. The zero-order chi connectivity index (χ0) is 20.8. The second-order valence-corrected chi connectivity index (χ2v) is 8.31. The Hall–Kier alpha value is -2.61. The molecule has 0 radical (unpaired) electrons. The summed E-state index contributed by atoms with van der Waals surface area (Å²) in [7, 11) is 1.65. The average Bonchev–Trinajstić information content (AvgIpc) is 3.36. The average molecular weight is 407 g/mol. The lowest BCUT2D eigenvalue weighted by atomic mass is 10.1. The van der Waals surface area contributed by atoms with Crippen molar-refractivity contribution >= 4 is 40.5 Å². The van der Waals surface area contributed by atoms with E-state index in [9.17, 15) is 14.4 Å². The summed E-state index contributed by atoms with van der Waals surface area (Å²) < 4.78 is 6.64. The molecule has 150 valence electrons. The second-order valence-electron chi connectivity index (χ2n) is 7.95. The van der Waals surface area contributed by atoms with Gasteiger partial charge in [-0.1, -0.05) is 11.6 Å². The van der Waals surface area contributed by atoms with Gasteiger partial charge in [-0.2, -0.15) is 0 Å². The molecule has 3 rings (SSSR count). The highest BCUT2D eigenvalue weighted by atomic mass is 35.5. The van der Waals surface area contributed by atoms with Crippen LogP contribution in [0.4, 0.5) is 9.59 Å². The van der Waals surface area contributed by atoms with Gasteiger partial charge in [0.25, 0.3) is 5.91 Å². The molecule has 1 saturated carbocycles. The first kappa shape index (κ1) is 20.1. The van der Waals surface area contributed by atoms with Crippen LogP contribution in [-0.4, -0.2) is 51.2 Å². The van der Waals surface area contributed by atoms with Crippen molar-refractivity contribution < 1.29 is 19.1 Å². The molecule has 0 unspecified atom stereocenters. The van der Waals surface area contributed by atoms with Crippen LogP contribution in [0, 0.1) is 6.92 Å². The van der Waals surface area contributed by atoms with Crippen LogP contribution in [0.5, 0.6) is 0 Å². The molecule has 3 amide bonds. The van der Waals surface area contributed by atoms with E-state index < -0.39 is 23.6 Å². The summed E-state index contributed by atoms with van der Waals surface area (Å²) in [6, 6.07) is -0.300. The van der Waals surface area contributed by atoms with Crippen molar-refractivity contribution in [3.05, 3.63) is 28.7 Å². The van der Waals surface area contributed by atoms with Gasteiger partial charge in [0.05, 0.1) is 11.1 Å². The van der Waals surface area contributed by atoms with Gasteiger partial charge in [-0.05, 0) is 46.1 Å². The number of amides is 3. The normalized spacial score (nSPS) is 14.1. The third-order valence-corrected chi connectivity index (χ3v) is 4.71. The highest BCUT2D eigenvalue weighted by molar-refractivity contribution is 6.35. The summed E-state index contributed by atoms with van der Waals surface area (Å²) in [6.45, 7) is 7.01. The maximum absolute atomic E-state index is 12.7. The third kappa shape index (κ3) is 3.96. The minimum absolute atomic E-state index is 0.0620. The zero-order valence-corrected chi connectivity index (χ0v) is 17.3. The molecule has 0 atom stereocenters. The van der Waals surface area contributed by atoms with E-state index in [0.29, 0.717) is 10.9 Å². The quantitative estimate of drug-likeness (QED) is 0.767. The number of carbonyl (C=O) groups excluding carboxylic acids is 3. The van der Waals surface area contributed by atoms with E-state index >= 15 is 0 Å². The molecule has 1 N–H and O–H groups in total. The number of hydrogen-bond acceptors (Lipinski definition) is 5. The Bertz CT molecular complexity index is 972. The van der Waals surface area contributed by atoms with E-state index in [0.717, 1.165) is 12.8 Å². The number of carbonyl (C=O) groups is 3. The van der Waals surface area contributed by atoms with E-state index in [1.807, 2.05) is 0 Å². The minimum atomic E-state index is -0.698. The van der Waals surface area contributed by atoms with Crippen molar-refractivity contribution in [2.24, 2.45) is 0 Å². The smallest absolute Gasteiger partial charge is 0.419 e. The lowest BCUT2D eigenvalue weighted by Crippen LogP contribution is -2.41. The van der Waals surface area contributed by atoms with E-state index in [-0.39, 0.29) is 22.3 Å². The summed E-state index contributed by atoms with van der Waals surface area (Å²) in [4.78, 5) is 43.1. The van der Waals surface area contributed by atoms with Gasteiger partial charge in [0.15, 0.2) is 5.15 Å². The molecule has 8 nitrogen and oxygen atoms in total. The number of hydrogen-bond donors (Lipinski definition) is 1. The molecule has 1 aliphatic carbocycles. The van der Waals surface area contributed by atoms with Crippen molar-refractivity contribution in [3.8, 4) is 0 Å². The van der Waals surface area contributed by atoms with Gasteiger partial charge in [0, 0.05) is 30.9 Å². The zero-order valence-electron chi connectivity index (χ0n) is 16.5. The fraction of sp³-hybridized carbons (Fsp3) is 0.474. The first-order valence-electron chi connectivity index (χ1n) is 8.97. The fourth-order valence-corrected chi connectivity index (χ4v) is 3.16. The number of nitrogens with one attached hydrogen (secondary N) is 1. The summed E-state index contributed by atoms with van der Waals surface area (Å²) in [5, 5.41) is 2.88. The first-order valence-corrected chi connectivity index (χ1v) is 9.35. The van der Waals surface area contributed by atoms with Gasteiger partial charge in [-0.15, -0.1) is 0 Å². The van der Waals surface area contributed by atoms with Gasteiger partial charge in [0.2, 0.25) is 0 Å². The number of halogens is 1. The standard InChI is InChI=1S/C19H23ClN4O4/c1-10-9-24(18(27)28-19(2,3)4)14-13(10)12(8-21-15(14)20)16(25)22-17(26)23(5)11-6-7-11/h8-9,11H,6-7H2,1-5H3,(H,22,25,26). The fourth-order valence-electron chi connectivity index (χ4n) is 2.93. The van der Waals surface area contributed by atoms with Crippen molar-refractivity contribution in [1.29, 1.82) is 0 Å². The topological polar surface area (TPSA) is 93.5 Å². The van der Waals surface area contributed by atoms with Crippen molar-refractivity contribution in [1.82, 2.24) is 19.8 Å². The first-order chi connectivity index (χ1) is 13.0. The number of rotatable bonds is 2. The lowest BCUT2D eigenvalue weighted by molar-refractivity contribution is 0.0544. The Kier molecular flexibility index (Phi) is 5.10. The molecule has 0 aliphatic heterocycles. The molecule has 9 heteroatoms. The molecule has 2 aromatic heterocycles. The molecule has 2 aromatic rings. The maximum Gasteiger partial charge on any atom is 0.419 e. The summed E-state index contributed by atoms with van der Waals surface area (Å²) in [5.74, 6) is -0.600. The van der Waals surface area contributed by atoms with E-state index in [1.54, 1.807) is 40.9 Å². The number of ether oxygens (including phenoxy) is 1. The molecular formula is C19H23ClN4O4. The Morgan fingerprint density at radius 3 is 2.54 bits per heavy atom. The minimum Gasteiger partial charge on any atom is -0.443 e. The van der Waals surface area contributed by atoms with Crippen LogP contribution in [0.1, 0.15) is 49.5 Å². The Balaban J connectivity index is 1.98. The Labute approximate surface area is 167 Å². The van der Waals surface area contributed by atoms with Crippen LogP contribution >= 0.6 is 11.6 Å². The van der Waals surface area contributed by atoms with Gasteiger partial charge in [0.1, 0.15) is 5.60 Å². The van der Waals surface area contributed by atoms with Crippen LogP contribution in [0.25, 0.3) is 10.9 Å². The number of pyridine rings is 1. The summed E-state index contributed by atoms with van der Waals surface area (Å²) in [6.07, 6.45) is 4.08. The van der Waals surface area contributed by atoms with E-state index in [2.05, 4.69) is 10.3 Å². The van der Waals surface area contributed by atoms with Crippen LogP contribution in [0.2, 0.25) is 5.15 Å². The number of fused-ring (bicyclic) bond motifs is 1. The number of urea groups is 1. The van der Waals surface area contributed by atoms with Crippen molar-refractivity contribution in [2.45, 2.75) is 52.2 Å². The predicted octanol–water partition coefficient (Wildman–Crippen LogP) is 3.73. The van der Waals surface area contributed by atoms with E-state index in [4.69, 9.17) is 16.3 Å². The van der Waals surface area contributed by atoms with Gasteiger partial charge in [-0.25, -0.2) is 19.1 Å². The highest BCUT2D eigenvalue weighted by Gasteiger charge is 2.31. The largest absolute Gasteiger partial charge is 0.443 e. The van der Waals surface area contributed by atoms with Gasteiger partial charge < -0.3 is 9.64 Å². The van der Waals surface area contributed by atoms with E-state index in [1.165, 1.54) is 15.7 Å². The second kappa shape index (κ2) is 7.09.